The van der Waals surface area contributed by atoms with E-state index < -0.39 is 0 Å². The molecule has 0 fully saturated rings. The van der Waals surface area contributed by atoms with Gasteiger partial charge >= 0.3 is 0 Å². The monoisotopic (exact) mass is 324 g/mol. The number of fused-ring (bicyclic) bond motifs is 1. The van der Waals surface area contributed by atoms with Crippen molar-refractivity contribution >= 4 is 22.5 Å². The molecule has 1 aromatic heterocycles. The summed E-state index contributed by atoms with van der Waals surface area (Å²) < 4.78 is 2.35. The van der Waals surface area contributed by atoms with Crippen molar-refractivity contribution < 1.29 is 0 Å². The molecule has 0 bridgehead atoms. The molecule has 0 atom stereocenters. The summed E-state index contributed by atoms with van der Waals surface area (Å²) in [6, 6.07) is 16.6. The number of hydrogen-bond donors (Lipinski definition) is 1. The van der Waals surface area contributed by atoms with E-state index >= 15 is 0 Å². The average Bonchev–Trinajstić information content (AvgIpc) is 2.83. The Kier molecular flexibility index (Phi) is 4.85. The van der Waals surface area contributed by atoms with Crippen molar-refractivity contribution in [2.45, 2.75) is 20.0 Å². The number of hydrogen-bond acceptors (Lipinski definition) is 1. The van der Waals surface area contributed by atoms with Crippen LogP contribution in [0.1, 0.15) is 16.8 Å². The van der Waals surface area contributed by atoms with Gasteiger partial charge in [0.25, 0.3) is 0 Å². The molecule has 3 aromatic rings. The van der Waals surface area contributed by atoms with Crippen LogP contribution in [0.15, 0.2) is 61.2 Å². The molecule has 1 heterocycles. The lowest BCUT2D eigenvalue weighted by Crippen LogP contribution is -2.13. The van der Waals surface area contributed by atoms with Gasteiger partial charge in [0, 0.05) is 41.3 Å². The lowest BCUT2D eigenvalue weighted by Gasteiger charge is -2.10. The quantitative estimate of drug-likeness (QED) is 0.502. The van der Waals surface area contributed by atoms with Crippen molar-refractivity contribution in [1.29, 1.82) is 0 Å². The first-order valence-corrected chi connectivity index (χ1v) is 8.22. The Hall–Kier alpha value is -2.03. The molecule has 118 valence electrons. The van der Waals surface area contributed by atoms with Crippen LogP contribution in [-0.4, -0.2) is 11.1 Å². The molecule has 0 amide bonds. The summed E-state index contributed by atoms with van der Waals surface area (Å²) in [4.78, 5) is 0. The average molecular weight is 325 g/mol. The van der Waals surface area contributed by atoms with E-state index in [4.69, 9.17) is 11.6 Å². The molecular weight excluding hydrogens is 304 g/mol. The molecule has 2 nitrogen and oxygen atoms in total. The Labute approximate surface area is 142 Å². The topological polar surface area (TPSA) is 17.0 Å². The van der Waals surface area contributed by atoms with Gasteiger partial charge < -0.3 is 9.88 Å². The molecule has 0 unspecified atom stereocenters. The zero-order chi connectivity index (χ0) is 16.2. The van der Waals surface area contributed by atoms with Gasteiger partial charge in [-0.1, -0.05) is 54.1 Å². The largest absolute Gasteiger partial charge is 0.340 e. The van der Waals surface area contributed by atoms with Gasteiger partial charge in [0.2, 0.25) is 0 Å². The van der Waals surface area contributed by atoms with Crippen molar-refractivity contribution in [1.82, 2.24) is 9.88 Å². The standard InChI is InChI=1S/C20H21ClN2/c1-3-12-22-13-18-15(2)23(20-11-7-5-9-17(18)20)14-16-8-4-6-10-19(16)21/h3-11,22H,1,12-14H2,2H3. The summed E-state index contributed by atoms with van der Waals surface area (Å²) in [5.74, 6) is 0. The van der Waals surface area contributed by atoms with Crippen molar-refractivity contribution in [3.8, 4) is 0 Å². The van der Waals surface area contributed by atoms with Crippen LogP contribution in [-0.2, 0) is 13.1 Å². The van der Waals surface area contributed by atoms with E-state index in [2.05, 4.69) is 53.7 Å². The highest BCUT2D eigenvalue weighted by Crippen LogP contribution is 2.28. The molecule has 3 rings (SSSR count). The molecule has 0 saturated heterocycles. The van der Waals surface area contributed by atoms with Crippen LogP contribution >= 0.6 is 11.6 Å². The fraction of sp³-hybridized carbons (Fsp3) is 0.200. The lowest BCUT2D eigenvalue weighted by atomic mass is 10.1. The molecular formula is C20H21ClN2. The van der Waals surface area contributed by atoms with Gasteiger partial charge in [0.1, 0.15) is 0 Å². The third kappa shape index (κ3) is 3.19. The predicted molar refractivity (Wildman–Crippen MR) is 99.1 cm³/mol. The Morgan fingerprint density at radius 2 is 1.87 bits per heavy atom. The first-order chi connectivity index (χ1) is 11.2. The first-order valence-electron chi connectivity index (χ1n) is 7.84. The second kappa shape index (κ2) is 7.03. The molecule has 0 saturated carbocycles. The van der Waals surface area contributed by atoms with E-state index in [0.717, 1.165) is 30.2 Å². The summed E-state index contributed by atoms with van der Waals surface area (Å²) in [6.45, 7) is 8.38. The van der Waals surface area contributed by atoms with Crippen LogP contribution in [0.3, 0.4) is 0 Å². The molecule has 0 radical (unpaired) electrons. The fourth-order valence-corrected chi connectivity index (χ4v) is 3.22. The van der Waals surface area contributed by atoms with Crippen molar-refractivity contribution in [2.24, 2.45) is 0 Å². The van der Waals surface area contributed by atoms with E-state index in [-0.39, 0.29) is 0 Å². The maximum Gasteiger partial charge on any atom is 0.0493 e. The van der Waals surface area contributed by atoms with Gasteiger partial charge in [-0.25, -0.2) is 0 Å². The number of halogens is 1. The number of benzene rings is 2. The minimum Gasteiger partial charge on any atom is -0.340 e. The van der Waals surface area contributed by atoms with E-state index in [1.54, 1.807) is 0 Å². The molecule has 0 aliphatic heterocycles. The van der Waals surface area contributed by atoms with Crippen LogP contribution in [0.25, 0.3) is 10.9 Å². The lowest BCUT2D eigenvalue weighted by molar-refractivity contribution is 0.740. The summed E-state index contributed by atoms with van der Waals surface area (Å²) in [5.41, 5.74) is 5.01. The van der Waals surface area contributed by atoms with Crippen LogP contribution in [0.5, 0.6) is 0 Å². The number of para-hydroxylation sites is 1. The highest BCUT2D eigenvalue weighted by Gasteiger charge is 2.14. The van der Waals surface area contributed by atoms with Crippen LogP contribution < -0.4 is 5.32 Å². The summed E-state index contributed by atoms with van der Waals surface area (Å²) in [5, 5.41) is 5.53. The summed E-state index contributed by atoms with van der Waals surface area (Å²) in [7, 11) is 0. The highest BCUT2D eigenvalue weighted by atomic mass is 35.5. The van der Waals surface area contributed by atoms with E-state index in [0.29, 0.717) is 0 Å². The van der Waals surface area contributed by atoms with Gasteiger partial charge in [-0.2, -0.15) is 0 Å². The summed E-state index contributed by atoms with van der Waals surface area (Å²) >= 11 is 6.35. The van der Waals surface area contributed by atoms with Gasteiger partial charge in [0.05, 0.1) is 0 Å². The first kappa shape index (κ1) is 15.9. The third-order valence-corrected chi connectivity index (χ3v) is 4.61. The van der Waals surface area contributed by atoms with Crippen molar-refractivity contribution in [3.63, 3.8) is 0 Å². The maximum absolute atomic E-state index is 6.35. The van der Waals surface area contributed by atoms with Crippen LogP contribution in [0, 0.1) is 6.92 Å². The van der Waals surface area contributed by atoms with Crippen molar-refractivity contribution in [3.05, 3.63) is 83.0 Å². The predicted octanol–water partition coefficient (Wildman–Crippen LogP) is 4.93. The van der Waals surface area contributed by atoms with E-state index in [1.165, 1.54) is 22.2 Å². The van der Waals surface area contributed by atoms with Crippen LogP contribution in [0.4, 0.5) is 0 Å². The molecule has 0 aliphatic carbocycles. The minimum atomic E-state index is 0.785. The second-order valence-electron chi connectivity index (χ2n) is 5.68. The molecule has 2 aromatic carbocycles. The van der Waals surface area contributed by atoms with Gasteiger partial charge in [-0.05, 0) is 30.2 Å². The Morgan fingerprint density at radius 3 is 2.65 bits per heavy atom. The Bertz CT molecular complexity index is 833. The molecule has 1 N–H and O–H groups in total. The van der Waals surface area contributed by atoms with Gasteiger partial charge in [-0.3, -0.25) is 0 Å². The number of nitrogens with zero attached hydrogens (tertiary/aromatic N) is 1. The number of rotatable bonds is 6. The number of nitrogens with one attached hydrogen (secondary N) is 1. The van der Waals surface area contributed by atoms with E-state index in [9.17, 15) is 0 Å². The zero-order valence-corrected chi connectivity index (χ0v) is 14.1. The smallest absolute Gasteiger partial charge is 0.0493 e. The normalized spacial score (nSPS) is 11.0. The molecule has 0 aliphatic rings. The number of aromatic nitrogens is 1. The molecule has 23 heavy (non-hydrogen) atoms. The van der Waals surface area contributed by atoms with Crippen molar-refractivity contribution in [2.75, 3.05) is 6.54 Å². The SMILES string of the molecule is C=CCNCc1c(C)n(Cc2ccccc2Cl)c2ccccc12. The minimum absolute atomic E-state index is 0.785. The fourth-order valence-electron chi connectivity index (χ4n) is 3.03. The Morgan fingerprint density at radius 1 is 1.13 bits per heavy atom. The highest BCUT2D eigenvalue weighted by molar-refractivity contribution is 6.31. The zero-order valence-electron chi connectivity index (χ0n) is 13.3. The van der Waals surface area contributed by atoms with Crippen LogP contribution in [0.2, 0.25) is 5.02 Å². The molecule has 0 spiro atoms. The van der Waals surface area contributed by atoms with Gasteiger partial charge in [-0.15, -0.1) is 6.58 Å². The van der Waals surface area contributed by atoms with Gasteiger partial charge in [0.15, 0.2) is 0 Å². The maximum atomic E-state index is 6.35. The third-order valence-electron chi connectivity index (χ3n) is 4.24. The molecule has 3 heteroatoms. The summed E-state index contributed by atoms with van der Waals surface area (Å²) in [6.07, 6.45) is 1.89. The van der Waals surface area contributed by atoms with E-state index in [1.807, 2.05) is 24.3 Å². The second-order valence-corrected chi connectivity index (χ2v) is 6.09. The Balaban J connectivity index is 2.04.